The van der Waals surface area contributed by atoms with Gasteiger partial charge in [0.25, 0.3) is 5.91 Å². The summed E-state index contributed by atoms with van der Waals surface area (Å²) in [6.45, 7) is 0.292. The number of fused-ring (bicyclic) bond motifs is 2. The van der Waals surface area contributed by atoms with Crippen molar-refractivity contribution in [2.45, 2.75) is 12.8 Å². The average Bonchev–Trinajstić information content (AvgIpc) is 2.66. The molecule has 0 bridgehead atoms. The fourth-order valence-electron chi connectivity index (χ4n) is 2.73. The maximum absolute atomic E-state index is 12.0. The zero-order valence-corrected chi connectivity index (χ0v) is 12.1. The minimum atomic E-state index is -0.0518. The molecule has 0 unspecified atom stereocenters. The van der Waals surface area contributed by atoms with E-state index in [4.69, 9.17) is 0 Å². The number of nitrogens with one attached hydrogen (secondary N) is 2. The summed E-state index contributed by atoms with van der Waals surface area (Å²) in [5.74, 6) is -0.0518. The van der Waals surface area contributed by atoms with Crippen molar-refractivity contribution in [2.75, 3.05) is 18.6 Å². The first-order valence-corrected chi connectivity index (χ1v) is 7.19. The molecule has 0 spiro atoms. The Morgan fingerprint density at radius 2 is 1.52 bits per heavy atom. The number of hydrazine groups is 1. The number of aryl methyl sites for hydroxylation is 2. The van der Waals surface area contributed by atoms with E-state index in [1.165, 1.54) is 11.1 Å². The normalized spacial score (nSPS) is 13.1. The van der Waals surface area contributed by atoms with Crippen molar-refractivity contribution in [3.05, 3.63) is 59.7 Å². The van der Waals surface area contributed by atoms with Gasteiger partial charge in [0.05, 0.1) is 17.9 Å². The van der Waals surface area contributed by atoms with Crippen LogP contribution in [-0.2, 0) is 17.6 Å². The Bertz CT molecular complexity index is 606. The number of benzene rings is 2. The van der Waals surface area contributed by atoms with Crippen LogP contribution in [0.25, 0.3) is 0 Å². The lowest BCUT2D eigenvalue weighted by molar-refractivity contribution is -0.120. The van der Waals surface area contributed by atoms with Crippen LogP contribution in [0.15, 0.2) is 48.5 Å². The number of hydrogen-bond donors (Lipinski definition) is 2. The van der Waals surface area contributed by atoms with E-state index < -0.39 is 0 Å². The number of rotatable bonds is 3. The van der Waals surface area contributed by atoms with Crippen molar-refractivity contribution in [3.63, 3.8) is 0 Å². The number of carbonyl (C=O) groups is 1. The number of carbonyl (C=O) groups excluding carboxylic acids is 1. The van der Waals surface area contributed by atoms with Crippen LogP contribution in [0.3, 0.4) is 0 Å². The molecule has 108 valence electrons. The van der Waals surface area contributed by atoms with Crippen LogP contribution in [0.5, 0.6) is 0 Å². The molecule has 2 aromatic rings. The second kappa shape index (κ2) is 5.97. The molecule has 0 fully saturated rings. The third kappa shape index (κ3) is 2.76. The highest BCUT2D eigenvalue weighted by Gasteiger charge is 2.21. The van der Waals surface area contributed by atoms with Crippen molar-refractivity contribution in [3.8, 4) is 0 Å². The summed E-state index contributed by atoms with van der Waals surface area (Å²) in [7, 11) is 1.77. The molecule has 0 saturated carbocycles. The lowest BCUT2D eigenvalue weighted by Gasteiger charge is -2.27. The van der Waals surface area contributed by atoms with Gasteiger partial charge in [0, 0.05) is 0 Å². The number of anilines is 2. The molecule has 1 heterocycles. The zero-order chi connectivity index (χ0) is 14.7. The fraction of sp³-hybridized carbons (Fsp3) is 0.235. The quantitative estimate of drug-likeness (QED) is 0.906. The van der Waals surface area contributed by atoms with E-state index in [0.29, 0.717) is 6.54 Å². The lowest BCUT2D eigenvalue weighted by atomic mass is 10.0. The van der Waals surface area contributed by atoms with E-state index >= 15 is 0 Å². The summed E-state index contributed by atoms with van der Waals surface area (Å²) in [6.07, 6.45) is 1.96. The number of para-hydroxylation sites is 2. The van der Waals surface area contributed by atoms with Crippen molar-refractivity contribution in [1.29, 1.82) is 0 Å². The molecule has 0 aliphatic carbocycles. The van der Waals surface area contributed by atoms with Gasteiger partial charge in [-0.3, -0.25) is 15.2 Å². The summed E-state index contributed by atoms with van der Waals surface area (Å²) in [6, 6.07) is 16.4. The summed E-state index contributed by atoms with van der Waals surface area (Å²) in [4.78, 5) is 12.0. The van der Waals surface area contributed by atoms with Crippen LogP contribution in [0.2, 0.25) is 0 Å². The van der Waals surface area contributed by atoms with E-state index in [1.807, 2.05) is 29.3 Å². The van der Waals surface area contributed by atoms with Gasteiger partial charge >= 0.3 is 0 Å². The molecular weight excluding hydrogens is 262 g/mol. The van der Waals surface area contributed by atoms with Gasteiger partial charge in [0.2, 0.25) is 0 Å². The van der Waals surface area contributed by atoms with Gasteiger partial charge in [-0.15, -0.1) is 0 Å². The topological polar surface area (TPSA) is 44.4 Å². The Labute approximate surface area is 124 Å². The van der Waals surface area contributed by atoms with Gasteiger partial charge in [0.15, 0.2) is 0 Å². The minimum absolute atomic E-state index is 0.0518. The predicted octanol–water partition coefficient (Wildman–Crippen LogP) is 2.17. The van der Waals surface area contributed by atoms with E-state index in [2.05, 4.69) is 35.0 Å². The molecule has 4 heteroatoms. The molecule has 1 amide bonds. The van der Waals surface area contributed by atoms with Crippen molar-refractivity contribution < 1.29 is 4.79 Å². The lowest BCUT2D eigenvalue weighted by Crippen LogP contribution is -2.43. The Morgan fingerprint density at radius 1 is 1.00 bits per heavy atom. The summed E-state index contributed by atoms with van der Waals surface area (Å²) < 4.78 is 0. The molecule has 2 aromatic carbocycles. The molecule has 0 atom stereocenters. The molecule has 4 nitrogen and oxygen atoms in total. The SMILES string of the molecule is CNCC(=O)NN1c2ccccc2CCc2ccccc21. The Balaban J connectivity index is 2.04. The molecule has 1 aliphatic heterocycles. The number of amides is 1. The van der Waals surface area contributed by atoms with E-state index in [0.717, 1.165) is 24.2 Å². The van der Waals surface area contributed by atoms with Gasteiger partial charge in [-0.25, -0.2) is 0 Å². The Kier molecular flexibility index (Phi) is 3.88. The van der Waals surface area contributed by atoms with Crippen LogP contribution >= 0.6 is 0 Å². The van der Waals surface area contributed by atoms with Crippen LogP contribution in [0.4, 0.5) is 11.4 Å². The van der Waals surface area contributed by atoms with E-state index in [-0.39, 0.29) is 5.91 Å². The van der Waals surface area contributed by atoms with Crippen molar-refractivity contribution >= 4 is 17.3 Å². The largest absolute Gasteiger partial charge is 0.311 e. The standard InChI is InChI=1S/C17H19N3O/c1-18-12-17(21)19-20-15-8-4-2-6-13(15)10-11-14-7-3-5-9-16(14)20/h2-9,18H,10-12H2,1H3,(H,19,21). The van der Waals surface area contributed by atoms with Crippen LogP contribution < -0.4 is 15.8 Å². The second-order valence-electron chi connectivity index (χ2n) is 5.16. The molecule has 2 N–H and O–H groups in total. The second-order valence-corrected chi connectivity index (χ2v) is 5.16. The monoisotopic (exact) mass is 281 g/mol. The highest BCUT2D eigenvalue weighted by molar-refractivity contribution is 5.83. The highest BCUT2D eigenvalue weighted by atomic mass is 16.2. The van der Waals surface area contributed by atoms with Crippen molar-refractivity contribution in [2.24, 2.45) is 0 Å². The van der Waals surface area contributed by atoms with E-state index in [1.54, 1.807) is 7.05 Å². The van der Waals surface area contributed by atoms with Crippen LogP contribution in [0.1, 0.15) is 11.1 Å². The molecule has 3 rings (SSSR count). The summed E-state index contributed by atoms with van der Waals surface area (Å²) in [5, 5.41) is 4.80. The first-order valence-electron chi connectivity index (χ1n) is 7.19. The van der Waals surface area contributed by atoms with Crippen LogP contribution in [0, 0.1) is 0 Å². The molecular formula is C17H19N3O. The van der Waals surface area contributed by atoms with Crippen molar-refractivity contribution in [1.82, 2.24) is 10.7 Å². The molecule has 0 saturated heterocycles. The minimum Gasteiger partial charge on any atom is -0.311 e. The average molecular weight is 281 g/mol. The highest BCUT2D eigenvalue weighted by Crippen LogP contribution is 2.34. The van der Waals surface area contributed by atoms with Gasteiger partial charge in [-0.2, -0.15) is 0 Å². The predicted molar refractivity (Wildman–Crippen MR) is 84.5 cm³/mol. The van der Waals surface area contributed by atoms with Gasteiger partial charge in [-0.05, 0) is 43.1 Å². The maximum Gasteiger partial charge on any atom is 0.252 e. The maximum atomic E-state index is 12.0. The molecule has 0 aromatic heterocycles. The first-order chi connectivity index (χ1) is 10.3. The van der Waals surface area contributed by atoms with Gasteiger partial charge in [-0.1, -0.05) is 36.4 Å². The Hall–Kier alpha value is -2.33. The number of hydrogen-bond acceptors (Lipinski definition) is 3. The van der Waals surface area contributed by atoms with Gasteiger partial charge < -0.3 is 5.32 Å². The molecule has 21 heavy (non-hydrogen) atoms. The number of likely N-dealkylation sites (N-methyl/N-ethyl adjacent to an activating group) is 1. The third-order valence-corrected chi connectivity index (χ3v) is 3.70. The first kappa shape index (κ1) is 13.6. The molecule has 0 radical (unpaired) electrons. The van der Waals surface area contributed by atoms with Crippen LogP contribution in [-0.4, -0.2) is 19.5 Å². The molecule has 1 aliphatic rings. The third-order valence-electron chi connectivity index (χ3n) is 3.70. The van der Waals surface area contributed by atoms with Gasteiger partial charge in [0.1, 0.15) is 0 Å². The smallest absolute Gasteiger partial charge is 0.252 e. The summed E-state index contributed by atoms with van der Waals surface area (Å²) >= 11 is 0. The number of nitrogens with zero attached hydrogens (tertiary/aromatic N) is 1. The fourth-order valence-corrected chi connectivity index (χ4v) is 2.73. The Morgan fingerprint density at radius 3 is 2.05 bits per heavy atom. The summed E-state index contributed by atoms with van der Waals surface area (Å²) in [5.41, 5.74) is 7.60. The zero-order valence-electron chi connectivity index (χ0n) is 12.1. The van der Waals surface area contributed by atoms with E-state index in [9.17, 15) is 4.79 Å².